The number of carboxylic acid groups (broad SMARTS) is 1. The van der Waals surface area contributed by atoms with Crippen molar-refractivity contribution in [2.45, 2.75) is 20.3 Å². The lowest BCUT2D eigenvalue weighted by atomic mass is 9.89. The first kappa shape index (κ1) is 13.4. The van der Waals surface area contributed by atoms with Gasteiger partial charge in [0, 0.05) is 20.5 Å². The van der Waals surface area contributed by atoms with Gasteiger partial charge in [-0.2, -0.15) is 0 Å². The number of urea groups is 1. The van der Waals surface area contributed by atoms with E-state index in [0.29, 0.717) is 0 Å². The van der Waals surface area contributed by atoms with E-state index in [1.807, 2.05) is 0 Å². The molecule has 0 aliphatic heterocycles. The van der Waals surface area contributed by atoms with Gasteiger partial charge in [-0.1, -0.05) is 0 Å². The molecule has 6 heteroatoms. The topological polar surface area (TPSA) is 86.7 Å². The van der Waals surface area contributed by atoms with E-state index >= 15 is 0 Å². The van der Waals surface area contributed by atoms with E-state index in [1.165, 1.54) is 32.8 Å². The molecule has 0 rings (SSSR count). The molecule has 0 heterocycles. The van der Waals surface area contributed by atoms with Gasteiger partial charge in [0.05, 0.1) is 5.41 Å². The number of nitrogens with one attached hydrogen (secondary N) is 1. The Labute approximate surface area is 88.2 Å². The van der Waals surface area contributed by atoms with E-state index in [4.69, 9.17) is 5.11 Å². The second-order valence-corrected chi connectivity index (χ2v) is 4.11. The largest absolute Gasteiger partial charge is 0.481 e. The number of carbonyl (C=O) groups excluding carboxylic acids is 2. The molecule has 15 heavy (non-hydrogen) atoms. The summed E-state index contributed by atoms with van der Waals surface area (Å²) in [5.41, 5.74) is -1.17. The monoisotopic (exact) mass is 216 g/mol. The fraction of sp³-hybridized carbons (Fsp3) is 0.667. The molecular weight excluding hydrogens is 200 g/mol. The van der Waals surface area contributed by atoms with Crippen LogP contribution in [0.2, 0.25) is 0 Å². The minimum Gasteiger partial charge on any atom is -0.481 e. The van der Waals surface area contributed by atoms with Crippen molar-refractivity contribution in [3.8, 4) is 0 Å². The van der Waals surface area contributed by atoms with Crippen molar-refractivity contribution in [1.29, 1.82) is 0 Å². The quantitative estimate of drug-likeness (QED) is 0.709. The Morgan fingerprint density at radius 2 is 1.73 bits per heavy atom. The lowest BCUT2D eigenvalue weighted by Gasteiger charge is -2.18. The van der Waals surface area contributed by atoms with Crippen LogP contribution in [0.15, 0.2) is 0 Å². The number of nitrogens with zero attached hydrogens (tertiary/aromatic N) is 1. The highest BCUT2D eigenvalue weighted by Crippen LogP contribution is 2.19. The molecule has 0 aliphatic rings. The highest BCUT2D eigenvalue weighted by atomic mass is 16.4. The van der Waals surface area contributed by atoms with Crippen LogP contribution in [0.5, 0.6) is 0 Å². The zero-order valence-electron chi connectivity index (χ0n) is 9.33. The first-order valence-corrected chi connectivity index (χ1v) is 4.41. The molecule has 3 amide bonds. The van der Waals surface area contributed by atoms with Gasteiger partial charge < -0.3 is 10.0 Å². The molecule has 0 unspecified atom stereocenters. The van der Waals surface area contributed by atoms with Crippen LogP contribution < -0.4 is 5.32 Å². The van der Waals surface area contributed by atoms with Gasteiger partial charge in [0.1, 0.15) is 0 Å². The Balaban J connectivity index is 4.28. The van der Waals surface area contributed by atoms with Gasteiger partial charge in [-0.15, -0.1) is 0 Å². The molecule has 0 atom stereocenters. The predicted molar refractivity (Wildman–Crippen MR) is 53.3 cm³/mol. The van der Waals surface area contributed by atoms with Gasteiger partial charge in [-0.05, 0) is 13.8 Å². The third-order valence-electron chi connectivity index (χ3n) is 1.83. The van der Waals surface area contributed by atoms with Crippen LogP contribution in [0.1, 0.15) is 20.3 Å². The molecule has 86 valence electrons. The maximum atomic E-state index is 11.3. The average molecular weight is 216 g/mol. The number of carbonyl (C=O) groups is 3. The summed E-state index contributed by atoms with van der Waals surface area (Å²) in [4.78, 5) is 34.2. The molecule has 2 N–H and O–H groups in total. The van der Waals surface area contributed by atoms with Gasteiger partial charge in [0.25, 0.3) is 0 Å². The Morgan fingerprint density at radius 1 is 1.27 bits per heavy atom. The number of aliphatic carboxylic acids is 1. The van der Waals surface area contributed by atoms with E-state index in [0.717, 1.165) is 0 Å². The van der Waals surface area contributed by atoms with E-state index in [9.17, 15) is 14.4 Å². The first-order chi connectivity index (χ1) is 6.66. The van der Waals surface area contributed by atoms with Crippen LogP contribution in [-0.4, -0.2) is 42.0 Å². The molecule has 6 nitrogen and oxygen atoms in total. The summed E-state index contributed by atoms with van der Waals surface area (Å²) in [7, 11) is 2.98. The SMILES string of the molecule is CN(C)C(=O)NC(=O)CC(C)(C)C(=O)O. The molecule has 0 radical (unpaired) electrons. The minimum atomic E-state index is -1.17. The van der Waals surface area contributed by atoms with Crippen molar-refractivity contribution in [2.24, 2.45) is 5.41 Å². The second-order valence-electron chi connectivity index (χ2n) is 4.11. The van der Waals surface area contributed by atoms with Crippen LogP contribution in [0.4, 0.5) is 4.79 Å². The molecule has 0 saturated heterocycles. The van der Waals surface area contributed by atoms with Gasteiger partial charge in [-0.25, -0.2) is 4.79 Å². The van der Waals surface area contributed by atoms with Crippen LogP contribution in [-0.2, 0) is 9.59 Å². The lowest BCUT2D eigenvalue weighted by Crippen LogP contribution is -2.41. The minimum absolute atomic E-state index is 0.234. The van der Waals surface area contributed by atoms with E-state index in [-0.39, 0.29) is 6.42 Å². The van der Waals surface area contributed by atoms with E-state index in [1.54, 1.807) is 0 Å². The second kappa shape index (κ2) is 4.77. The van der Waals surface area contributed by atoms with Crippen molar-refractivity contribution in [3.05, 3.63) is 0 Å². The van der Waals surface area contributed by atoms with Crippen molar-refractivity contribution in [3.63, 3.8) is 0 Å². The summed E-state index contributed by atoms with van der Waals surface area (Å²) in [5, 5.41) is 10.8. The summed E-state index contributed by atoms with van der Waals surface area (Å²) in [6.45, 7) is 2.85. The average Bonchev–Trinajstić information content (AvgIpc) is 2.01. The summed E-state index contributed by atoms with van der Waals surface area (Å²) < 4.78 is 0. The zero-order valence-corrected chi connectivity index (χ0v) is 9.33. The van der Waals surface area contributed by atoms with Crippen molar-refractivity contribution in [1.82, 2.24) is 10.2 Å². The number of hydrogen-bond acceptors (Lipinski definition) is 3. The van der Waals surface area contributed by atoms with Gasteiger partial charge in [-0.3, -0.25) is 14.9 Å². The van der Waals surface area contributed by atoms with E-state index < -0.39 is 23.3 Å². The Bertz CT molecular complexity index is 284. The van der Waals surface area contributed by atoms with E-state index in [2.05, 4.69) is 5.32 Å². The van der Waals surface area contributed by atoms with Crippen LogP contribution in [0.25, 0.3) is 0 Å². The summed E-state index contributed by atoms with van der Waals surface area (Å²) in [6.07, 6.45) is -0.234. The number of amides is 3. The number of imide groups is 1. The molecule has 0 spiro atoms. The fourth-order valence-corrected chi connectivity index (χ4v) is 0.752. The number of carboxylic acids is 1. The van der Waals surface area contributed by atoms with Gasteiger partial charge >= 0.3 is 12.0 Å². The van der Waals surface area contributed by atoms with Gasteiger partial charge in [0.2, 0.25) is 5.91 Å². The lowest BCUT2D eigenvalue weighted by molar-refractivity contribution is -0.149. The predicted octanol–water partition coefficient (Wildman–Crippen LogP) is 0.285. The number of rotatable bonds is 3. The molecule has 0 aliphatic carbocycles. The number of hydrogen-bond donors (Lipinski definition) is 2. The van der Waals surface area contributed by atoms with Crippen LogP contribution in [0, 0.1) is 5.41 Å². The standard InChI is InChI=1S/C9H16N2O4/c1-9(2,7(13)14)5-6(12)10-8(15)11(3)4/h5H2,1-4H3,(H,13,14)(H,10,12,15). The molecule has 0 aromatic carbocycles. The molecule has 0 aromatic heterocycles. The van der Waals surface area contributed by atoms with Crippen LogP contribution in [0.3, 0.4) is 0 Å². The third kappa shape index (κ3) is 4.44. The molecule has 0 aromatic rings. The smallest absolute Gasteiger partial charge is 0.323 e. The Hall–Kier alpha value is -1.59. The Kier molecular flexibility index (Phi) is 4.26. The molecule has 0 bridgehead atoms. The Morgan fingerprint density at radius 3 is 2.07 bits per heavy atom. The summed E-state index contributed by atoms with van der Waals surface area (Å²) in [5.74, 6) is -1.67. The molecule has 0 saturated carbocycles. The summed E-state index contributed by atoms with van der Waals surface area (Å²) in [6, 6.07) is -0.554. The highest BCUT2D eigenvalue weighted by molar-refractivity contribution is 5.96. The van der Waals surface area contributed by atoms with Crippen LogP contribution >= 0.6 is 0 Å². The first-order valence-electron chi connectivity index (χ1n) is 4.41. The maximum Gasteiger partial charge on any atom is 0.323 e. The fourth-order valence-electron chi connectivity index (χ4n) is 0.752. The third-order valence-corrected chi connectivity index (χ3v) is 1.83. The maximum absolute atomic E-state index is 11.3. The zero-order chi connectivity index (χ0) is 12.2. The molecular formula is C9H16N2O4. The van der Waals surface area contributed by atoms with Gasteiger partial charge in [0.15, 0.2) is 0 Å². The summed E-state index contributed by atoms with van der Waals surface area (Å²) >= 11 is 0. The highest BCUT2D eigenvalue weighted by Gasteiger charge is 2.30. The normalized spacial score (nSPS) is 10.7. The van der Waals surface area contributed by atoms with Crippen molar-refractivity contribution >= 4 is 17.9 Å². The molecule has 0 fully saturated rings. The van der Waals surface area contributed by atoms with Crippen molar-refractivity contribution < 1.29 is 19.5 Å². The van der Waals surface area contributed by atoms with Crippen molar-refractivity contribution in [2.75, 3.05) is 14.1 Å².